The minimum absolute atomic E-state index is 0.157. The second kappa shape index (κ2) is 6.21. The molecule has 4 nitrogen and oxygen atoms in total. The van der Waals surface area contributed by atoms with Crippen LogP contribution in [0.2, 0.25) is 0 Å². The summed E-state index contributed by atoms with van der Waals surface area (Å²) in [6.07, 6.45) is 4.89. The summed E-state index contributed by atoms with van der Waals surface area (Å²) in [6.45, 7) is 0. The zero-order valence-electron chi connectivity index (χ0n) is 13.4. The Balaban J connectivity index is 1.78. The van der Waals surface area contributed by atoms with E-state index in [2.05, 4.69) is 10.3 Å². The van der Waals surface area contributed by atoms with E-state index in [-0.39, 0.29) is 11.9 Å². The van der Waals surface area contributed by atoms with Crippen LogP contribution in [0.3, 0.4) is 0 Å². The number of aromatic nitrogens is 1. The zero-order valence-corrected chi connectivity index (χ0v) is 13.4. The molecule has 1 amide bonds. The predicted octanol–water partition coefficient (Wildman–Crippen LogP) is 3.42. The maximum atomic E-state index is 12.9. The summed E-state index contributed by atoms with van der Waals surface area (Å²) in [7, 11) is 0. The van der Waals surface area contributed by atoms with Crippen molar-refractivity contribution in [2.45, 2.75) is 37.8 Å². The van der Waals surface area contributed by atoms with Gasteiger partial charge in [-0.3, -0.25) is 9.78 Å². The molecular formula is C20H20N2O2. The fourth-order valence-corrected chi connectivity index (χ4v) is 3.63. The number of fused-ring (bicyclic) bond motifs is 3. The van der Waals surface area contributed by atoms with Crippen LogP contribution < -0.4 is 5.32 Å². The number of pyridine rings is 1. The molecule has 122 valence electrons. The van der Waals surface area contributed by atoms with Gasteiger partial charge in [-0.25, -0.2) is 0 Å². The summed E-state index contributed by atoms with van der Waals surface area (Å²) >= 11 is 0. The van der Waals surface area contributed by atoms with Gasteiger partial charge in [0.1, 0.15) is 0 Å². The van der Waals surface area contributed by atoms with Gasteiger partial charge in [0.15, 0.2) is 0 Å². The topological polar surface area (TPSA) is 62.2 Å². The smallest absolute Gasteiger partial charge is 0.253 e. The van der Waals surface area contributed by atoms with Crippen molar-refractivity contribution >= 4 is 27.6 Å². The first-order chi connectivity index (χ1) is 11.7. The second-order valence-corrected chi connectivity index (χ2v) is 6.48. The number of aliphatic hydroxyl groups is 1. The molecule has 4 heteroatoms. The van der Waals surface area contributed by atoms with Crippen molar-refractivity contribution in [3.63, 3.8) is 0 Å². The van der Waals surface area contributed by atoms with Crippen LogP contribution in [0, 0.1) is 0 Å². The summed E-state index contributed by atoms with van der Waals surface area (Å²) < 4.78 is 0. The van der Waals surface area contributed by atoms with Crippen molar-refractivity contribution in [1.29, 1.82) is 0 Å². The van der Waals surface area contributed by atoms with Crippen LogP contribution in [0.4, 0.5) is 0 Å². The Labute approximate surface area is 140 Å². The third-order valence-electron chi connectivity index (χ3n) is 4.90. The number of aliphatic hydroxyl groups excluding tert-OH is 1. The molecule has 1 aliphatic rings. The summed E-state index contributed by atoms with van der Waals surface area (Å²) in [6, 6.07) is 13.6. The molecule has 2 N–H and O–H groups in total. The van der Waals surface area contributed by atoms with Crippen LogP contribution in [0.1, 0.15) is 36.0 Å². The summed E-state index contributed by atoms with van der Waals surface area (Å²) in [5, 5.41) is 16.2. The number of benzene rings is 2. The predicted molar refractivity (Wildman–Crippen MR) is 95.0 cm³/mol. The van der Waals surface area contributed by atoms with Crippen LogP contribution in [-0.2, 0) is 0 Å². The number of amides is 1. The molecule has 1 saturated carbocycles. The lowest BCUT2D eigenvalue weighted by atomic mass is 9.92. The lowest BCUT2D eigenvalue weighted by Crippen LogP contribution is -2.45. The van der Waals surface area contributed by atoms with E-state index in [0.717, 1.165) is 41.8 Å². The van der Waals surface area contributed by atoms with Gasteiger partial charge in [-0.2, -0.15) is 0 Å². The number of carbonyl (C=O) groups excluding carboxylic acids is 1. The maximum Gasteiger partial charge on any atom is 0.253 e. The van der Waals surface area contributed by atoms with Crippen molar-refractivity contribution in [3.8, 4) is 0 Å². The van der Waals surface area contributed by atoms with Crippen LogP contribution in [0.15, 0.2) is 48.7 Å². The second-order valence-electron chi connectivity index (χ2n) is 6.48. The van der Waals surface area contributed by atoms with Gasteiger partial charge in [0, 0.05) is 11.6 Å². The molecule has 1 aliphatic carbocycles. The highest BCUT2D eigenvalue weighted by molar-refractivity contribution is 6.15. The number of nitrogens with zero attached hydrogens (tertiary/aromatic N) is 1. The Kier molecular flexibility index (Phi) is 3.90. The maximum absolute atomic E-state index is 12.9. The zero-order chi connectivity index (χ0) is 16.5. The Hall–Kier alpha value is -2.46. The fourth-order valence-electron chi connectivity index (χ4n) is 3.63. The van der Waals surface area contributed by atoms with Crippen molar-refractivity contribution in [3.05, 3.63) is 54.2 Å². The molecule has 3 aromatic rings. The van der Waals surface area contributed by atoms with E-state index < -0.39 is 6.10 Å². The van der Waals surface area contributed by atoms with Crippen molar-refractivity contribution in [2.75, 3.05) is 0 Å². The van der Waals surface area contributed by atoms with Gasteiger partial charge >= 0.3 is 0 Å². The number of hydrogen-bond acceptors (Lipinski definition) is 3. The standard InChI is InChI=1S/C20H20N2O2/c23-18-10-4-3-9-17(18)22-20(24)16-12-13-6-1-2-7-14(13)15-8-5-11-21-19(15)16/h1-2,5-8,11-12,17-18,23H,3-4,9-10H2,(H,22,24). The first-order valence-corrected chi connectivity index (χ1v) is 8.49. The molecule has 0 bridgehead atoms. The molecule has 2 atom stereocenters. The molecule has 24 heavy (non-hydrogen) atoms. The Morgan fingerprint density at radius 2 is 1.88 bits per heavy atom. The van der Waals surface area contributed by atoms with Gasteiger partial charge in [0.2, 0.25) is 0 Å². The average Bonchev–Trinajstić information content (AvgIpc) is 2.63. The highest BCUT2D eigenvalue weighted by Crippen LogP contribution is 2.27. The molecule has 0 spiro atoms. The SMILES string of the molecule is O=C(NC1CCCCC1O)c1cc2ccccc2c2cccnc12. The first-order valence-electron chi connectivity index (χ1n) is 8.49. The van der Waals surface area contributed by atoms with Crippen molar-refractivity contribution in [2.24, 2.45) is 0 Å². The highest BCUT2D eigenvalue weighted by Gasteiger charge is 2.25. The van der Waals surface area contributed by atoms with Crippen LogP contribution in [0.5, 0.6) is 0 Å². The minimum atomic E-state index is -0.456. The molecule has 1 fully saturated rings. The summed E-state index contributed by atoms with van der Waals surface area (Å²) in [5.41, 5.74) is 1.28. The summed E-state index contributed by atoms with van der Waals surface area (Å²) in [5.74, 6) is -0.157. The number of hydrogen-bond donors (Lipinski definition) is 2. The fraction of sp³-hybridized carbons (Fsp3) is 0.300. The number of carbonyl (C=O) groups is 1. The Bertz CT molecular complexity index is 906. The highest BCUT2D eigenvalue weighted by atomic mass is 16.3. The van der Waals surface area contributed by atoms with Gasteiger partial charge in [-0.15, -0.1) is 0 Å². The third kappa shape index (κ3) is 2.63. The van der Waals surface area contributed by atoms with Crippen molar-refractivity contribution in [1.82, 2.24) is 10.3 Å². The van der Waals surface area contributed by atoms with Crippen LogP contribution >= 0.6 is 0 Å². The van der Waals surface area contributed by atoms with Gasteiger partial charge in [-0.1, -0.05) is 43.2 Å². The van der Waals surface area contributed by atoms with E-state index in [9.17, 15) is 9.90 Å². The van der Waals surface area contributed by atoms with E-state index in [1.54, 1.807) is 6.20 Å². The van der Waals surface area contributed by atoms with Gasteiger partial charge in [0.25, 0.3) is 5.91 Å². The molecule has 0 radical (unpaired) electrons. The molecule has 0 saturated heterocycles. The lowest BCUT2D eigenvalue weighted by molar-refractivity contribution is 0.0718. The number of nitrogens with one attached hydrogen (secondary N) is 1. The van der Waals surface area contributed by atoms with E-state index in [1.807, 2.05) is 42.5 Å². The molecule has 4 rings (SSSR count). The van der Waals surface area contributed by atoms with E-state index in [1.165, 1.54) is 0 Å². The normalized spacial score (nSPS) is 21.0. The molecule has 1 heterocycles. The summed E-state index contributed by atoms with van der Waals surface area (Å²) in [4.78, 5) is 17.3. The minimum Gasteiger partial charge on any atom is -0.391 e. The van der Waals surface area contributed by atoms with E-state index in [0.29, 0.717) is 11.1 Å². The monoisotopic (exact) mass is 320 g/mol. The molecule has 0 aliphatic heterocycles. The third-order valence-corrected chi connectivity index (χ3v) is 4.90. The Morgan fingerprint density at radius 3 is 2.75 bits per heavy atom. The van der Waals surface area contributed by atoms with E-state index in [4.69, 9.17) is 0 Å². The number of rotatable bonds is 2. The molecule has 1 aromatic heterocycles. The Morgan fingerprint density at radius 1 is 1.08 bits per heavy atom. The quantitative estimate of drug-likeness (QED) is 0.711. The molecule has 2 aromatic carbocycles. The van der Waals surface area contributed by atoms with Gasteiger partial charge < -0.3 is 10.4 Å². The van der Waals surface area contributed by atoms with E-state index >= 15 is 0 Å². The molecule has 2 unspecified atom stereocenters. The lowest BCUT2D eigenvalue weighted by Gasteiger charge is -2.28. The average molecular weight is 320 g/mol. The first kappa shape index (κ1) is 15.1. The van der Waals surface area contributed by atoms with Crippen LogP contribution in [-0.4, -0.2) is 28.1 Å². The van der Waals surface area contributed by atoms with Gasteiger partial charge in [0.05, 0.1) is 23.2 Å². The largest absolute Gasteiger partial charge is 0.391 e. The van der Waals surface area contributed by atoms with Crippen molar-refractivity contribution < 1.29 is 9.90 Å². The van der Waals surface area contributed by atoms with Gasteiger partial charge in [-0.05, 0) is 35.7 Å². The van der Waals surface area contributed by atoms with Crippen LogP contribution in [0.25, 0.3) is 21.7 Å². The molecular weight excluding hydrogens is 300 g/mol.